The monoisotopic (exact) mass is 813 g/mol. The number of ether oxygens (including phenoxy) is 4. The van der Waals surface area contributed by atoms with Crippen molar-refractivity contribution in [1.82, 2.24) is 5.06 Å². The van der Waals surface area contributed by atoms with Crippen molar-refractivity contribution < 1.29 is 62.3 Å². The Morgan fingerprint density at radius 2 is 1.20 bits per heavy atom. The molecule has 294 valence electrons. The molecule has 6 aliphatic rings. The van der Waals surface area contributed by atoms with Gasteiger partial charge in [-0.25, -0.2) is 19.4 Å². The van der Waals surface area contributed by atoms with Crippen LogP contribution in [0.5, 0.6) is 23.0 Å². The smallest absolute Gasteiger partial charge is 0.364 e. The number of hydroxylamine groups is 2. The number of rotatable bonds is 5. The minimum Gasteiger partial charge on any atom is -0.456 e. The number of esters is 3. The van der Waals surface area contributed by atoms with Crippen LogP contribution in [0.3, 0.4) is 0 Å². The first kappa shape index (κ1) is 36.5. The van der Waals surface area contributed by atoms with E-state index < -0.39 is 52.5 Å². The summed E-state index contributed by atoms with van der Waals surface area (Å²) in [7, 11) is 0. The fourth-order valence-corrected chi connectivity index (χ4v) is 9.06. The lowest BCUT2D eigenvalue weighted by Gasteiger charge is -2.52. The van der Waals surface area contributed by atoms with Gasteiger partial charge in [-0.1, -0.05) is 72.3 Å². The molecule has 0 N–H and O–H groups in total. The standard InChI is InChI=1S/C44H28ClNO13/c1-21(47)53-33-19-34-29(17-30(33)44-26-12-6-4-10-24(26)42(3,58-59-44)25-11-5-7-13-27(25)44)43(31-18-32(45)36(54-22(2)48)20-35(31)55-34)28-14-8-9-23(39(28)41(52)56-43)40(51)57-46-37(49)15-16-38(46)50/h4-14,17-20H,15-16H2,1-3H3. The maximum Gasteiger partial charge on any atom is 0.364 e. The van der Waals surface area contributed by atoms with Crippen LogP contribution in [0.25, 0.3) is 0 Å². The van der Waals surface area contributed by atoms with Gasteiger partial charge in [-0.05, 0) is 36.2 Å². The Hall–Kier alpha value is -6.87. The Labute approximate surface area is 338 Å². The summed E-state index contributed by atoms with van der Waals surface area (Å²) in [5, 5.41) is 0.331. The molecule has 5 aromatic carbocycles. The van der Waals surface area contributed by atoms with Crippen LogP contribution in [0.1, 0.15) is 98.8 Å². The Bertz CT molecular complexity index is 2750. The highest BCUT2D eigenvalue weighted by Gasteiger charge is 2.61. The largest absolute Gasteiger partial charge is 0.456 e. The third-order valence-electron chi connectivity index (χ3n) is 11.2. The topological polar surface area (TPSA) is 170 Å². The molecule has 0 radical (unpaired) electrons. The van der Waals surface area contributed by atoms with Gasteiger partial charge in [-0.15, -0.1) is 5.06 Å². The molecule has 2 amide bonds. The zero-order valence-corrected chi connectivity index (χ0v) is 32.0. The number of halogens is 1. The van der Waals surface area contributed by atoms with Crippen molar-refractivity contribution in [3.05, 3.63) is 152 Å². The number of carbonyl (C=O) groups is 6. The van der Waals surface area contributed by atoms with Gasteiger partial charge in [0.2, 0.25) is 0 Å². The number of fused-ring (bicyclic) bond motifs is 7. The minimum atomic E-state index is -1.97. The van der Waals surface area contributed by atoms with E-state index in [1.807, 2.05) is 55.5 Å². The quantitative estimate of drug-likeness (QED) is 0.0786. The lowest BCUT2D eigenvalue weighted by molar-refractivity contribution is -0.415. The highest BCUT2D eigenvalue weighted by Crippen LogP contribution is 2.64. The van der Waals surface area contributed by atoms with E-state index in [-0.39, 0.29) is 74.2 Å². The number of hydrogen-bond acceptors (Lipinski definition) is 13. The molecule has 5 aromatic rings. The molecule has 0 saturated carbocycles. The Morgan fingerprint density at radius 1 is 0.644 bits per heavy atom. The first-order chi connectivity index (χ1) is 28.3. The van der Waals surface area contributed by atoms with Crippen molar-refractivity contribution in [2.24, 2.45) is 0 Å². The number of hydrogen-bond donors (Lipinski definition) is 0. The van der Waals surface area contributed by atoms with E-state index in [0.717, 1.165) is 11.1 Å². The van der Waals surface area contributed by atoms with Crippen LogP contribution in [0.15, 0.2) is 91.0 Å². The summed E-state index contributed by atoms with van der Waals surface area (Å²) in [5.41, 5.74) is -1.45. The van der Waals surface area contributed by atoms with Crippen LogP contribution in [0.2, 0.25) is 5.02 Å². The number of nitrogens with zero attached hydrogens (tertiary/aromatic N) is 1. The summed E-state index contributed by atoms with van der Waals surface area (Å²) in [5.74, 6) is -4.91. The Balaban J connectivity index is 1.27. The lowest BCUT2D eigenvalue weighted by atomic mass is 9.64. The summed E-state index contributed by atoms with van der Waals surface area (Å²) in [6.45, 7) is 4.33. The maximum absolute atomic E-state index is 14.4. The fraction of sp³-hybridized carbons (Fsp3) is 0.182. The average molecular weight is 814 g/mol. The molecule has 0 aromatic heterocycles. The van der Waals surface area contributed by atoms with E-state index in [1.165, 1.54) is 44.2 Å². The Morgan fingerprint density at radius 3 is 1.83 bits per heavy atom. The summed E-state index contributed by atoms with van der Waals surface area (Å²) >= 11 is 6.76. The zero-order chi connectivity index (χ0) is 41.2. The van der Waals surface area contributed by atoms with Gasteiger partial charge in [0.05, 0.1) is 16.1 Å². The first-order valence-electron chi connectivity index (χ1n) is 18.4. The highest BCUT2D eigenvalue weighted by atomic mass is 35.5. The molecule has 59 heavy (non-hydrogen) atoms. The molecule has 2 bridgehead atoms. The van der Waals surface area contributed by atoms with Crippen molar-refractivity contribution in [1.29, 1.82) is 0 Å². The summed E-state index contributed by atoms with van der Waals surface area (Å²) in [4.78, 5) is 96.0. The van der Waals surface area contributed by atoms with Gasteiger partial charge < -0.3 is 23.8 Å². The van der Waals surface area contributed by atoms with Crippen molar-refractivity contribution in [2.75, 3.05) is 0 Å². The number of benzene rings is 5. The fourth-order valence-electron chi connectivity index (χ4n) is 8.86. The van der Waals surface area contributed by atoms with E-state index in [1.54, 1.807) is 12.1 Å². The second-order valence-electron chi connectivity index (χ2n) is 14.6. The van der Waals surface area contributed by atoms with Crippen LogP contribution in [0.4, 0.5) is 0 Å². The lowest BCUT2D eigenvalue weighted by Crippen LogP contribution is -2.52. The van der Waals surface area contributed by atoms with Gasteiger partial charge in [-0.3, -0.25) is 19.2 Å². The van der Waals surface area contributed by atoms with Gasteiger partial charge in [0, 0.05) is 72.2 Å². The maximum atomic E-state index is 14.4. The molecule has 1 aliphatic carbocycles. The van der Waals surface area contributed by atoms with Gasteiger partial charge in [-0.2, -0.15) is 0 Å². The molecule has 5 heterocycles. The second kappa shape index (κ2) is 12.6. The van der Waals surface area contributed by atoms with Crippen molar-refractivity contribution in [3.63, 3.8) is 0 Å². The van der Waals surface area contributed by atoms with Gasteiger partial charge >= 0.3 is 23.9 Å². The summed E-state index contributed by atoms with van der Waals surface area (Å²) in [6, 6.07) is 25.3. The predicted octanol–water partition coefficient (Wildman–Crippen LogP) is 6.81. The predicted molar refractivity (Wildman–Crippen MR) is 200 cm³/mol. The molecule has 1 atom stereocenters. The number of imide groups is 1. The zero-order valence-electron chi connectivity index (χ0n) is 31.2. The van der Waals surface area contributed by atoms with Gasteiger partial charge in [0.1, 0.15) is 17.2 Å². The Kier molecular flexibility index (Phi) is 7.77. The van der Waals surface area contributed by atoms with Crippen molar-refractivity contribution in [2.45, 2.75) is 50.4 Å². The van der Waals surface area contributed by atoms with E-state index >= 15 is 0 Å². The van der Waals surface area contributed by atoms with E-state index in [4.69, 9.17) is 45.2 Å². The molecule has 1 saturated heterocycles. The summed E-state index contributed by atoms with van der Waals surface area (Å²) < 4.78 is 24.3. The third-order valence-corrected chi connectivity index (χ3v) is 11.5. The average Bonchev–Trinajstić information content (AvgIpc) is 3.69. The van der Waals surface area contributed by atoms with Crippen LogP contribution in [0, 0.1) is 0 Å². The number of amides is 2. The molecule has 11 rings (SSSR count). The molecule has 1 spiro atoms. The third kappa shape index (κ3) is 4.94. The van der Waals surface area contributed by atoms with Gasteiger partial charge in [0.15, 0.2) is 22.6 Å². The van der Waals surface area contributed by atoms with E-state index in [2.05, 4.69) is 0 Å². The molecule has 14 nitrogen and oxygen atoms in total. The second-order valence-corrected chi connectivity index (χ2v) is 15.1. The van der Waals surface area contributed by atoms with E-state index in [9.17, 15) is 28.8 Å². The highest BCUT2D eigenvalue weighted by molar-refractivity contribution is 6.32. The van der Waals surface area contributed by atoms with Gasteiger partial charge in [0.25, 0.3) is 11.8 Å². The van der Waals surface area contributed by atoms with Crippen LogP contribution >= 0.6 is 11.6 Å². The number of carbonyl (C=O) groups excluding carboxylic acids is 6. The molecular formula is C44H28ClNO13. The van der Waals surface area contributed by atoms with Crippen molar-refractivity contribution in [3.8, 4) is 23.0 Å². The van der Waals surface area contributed by atoms with E-state index in [0.29, 0.717) is 16.2 Å². The van der Waals surface area contributed by atoms with Crippen LogP contribution in [-0.4, -0.2) is 40.8 Å². The molecule has 1 unspecified atom stereocenters. The summed E-state index contributed by atoms with van der Waals surface area (Å²) in [6.07, 6.45) is -0.286. The van der Waals surface area contributed by atoms with Crippen LogP contribution < -0.4 is 14.2 Å². The normalized spacial score (nSPS) is 22.7. The minimum absolute atomic E-state index is 0.00422. The first-order valence-corrected chi connectivity index (χ1v) is 18.7. The molecular weight excluding hydrogens is 786 g/mol. The van der Waals surface area contributed by atoms with Crippen LogP contribution in [-0.2, 0) is 55.3 Å². The SMILES string of the molecule is CC(=O)Oc1cc2c(cc1Cl)C1(OC(=O)c3c(C(=O)ON4C(=O)CCC4=O)cccc31)c1cc(C34OOC(C)(c5ccccc53)c3ccccc34)c(OC(C)=O)cc1O2. The molecule has 15 heteroatoms. The van der Waals surface area contributed by atoms with Crippen molar-refractivity contribution >= 4 is 47.3 Å². The molecule has 5 aliphatic heterocycles. The molecule has 1 fully saturated rings.